The maximum Gasteiger partial charge on any atom is 0.192 e. The third kappa shape index (κ3) is 4.03. The number of anilines is 3. The van der Waals surface area contributed by atoms with Crippen LogP contribution >= 0.6 is 11.3 Å². The van der Waals surface area contributed by atoms with Gasteiger partial charge >= 0.3 is 0 Å². The lowest BCUT2D eigenvalue weighted by molar-refractivity contribution is 0.150. The molecule has 190 valence electrons. The summed E-state index contributed by atoms with van der Waals surface area (Å²) in [5.41, 5.74) is 3.35. The van der Waals surface area contributed by atoms with Gasteiger partial charge in [-0.05, 0) is 56.6 Å². The zero-order chi connectivity index (χ0) is 25.7. The van der Waals surface area contributed by atoms with E-state index in [1.54, 1.807) is 18.2 Å². The zero-order valence-electron chi connectivity index (χ0n) is 20.8. The fraction of sp³-hybridized carbons (Fsp3) is 0.370. The van der Waals surface area contributed by atoms with Gasteiger partial charge in [0.2, 0.25) is 0 Å². The van der Waals surface area contributed by atoms with Crippen LogP contribution in [0.3, 0.4) is 0 Å². The van der Waals surface area contributed by atoms with Crippen LogP contribution in [0, 0.1) is 28.4 Å². The number of thiazole rings is 1. The lowest BCUT2D eigenvalue weighted by atomic mass is 9.72. The summed E-state index contributed by atoms with van der Waals surface area (Å²) in [5, 5.41) is 13.8. The van der Waals surface area contributed by atoms with E-state index in [0.717, 1.165) is 56.2 Å². The number of nitrogens with zero attached hydrogens (tertiary/aromatic N) is 6. The van der Waals surface area contributed by atoms with Gasteiger partial charge in [-0.1, -0.05) is 18.3 Å². The Hall–Kier alpha value is -3.55. The predicted octanol–water partition coefficient (Wildman–Crippen LogP) is 5.13. The fourth-order valence-electron chi connectivity index (χ4n) is 5.53. The Balaban J connectivity index is 1.39. The Labute approximate surface area is 218 Å². The molecule has 5 heterocycles. The van der Waals surface area contributed by atoms with Gasteiger partial charge in [0.25, 0.3) is 0 Å². The van der Waals surface area contributed by atoms with Crippen LogP contribution in [0.1, 0.15) is 30.3 Å². The normalized spacial score (nSPS) is 16.7. The maximum absolute atomic E-state index is 15.3. The van der Waals surface area contributed by atoms with E-state index in [9.17, 15) is 9.65 Å². The molecule has 0 amide bonds. The second-order valence-corrected chi connectivity index (χ2v) is 10.9. The van der Waals surface area contributed by atoms with Crippen LogP contribution in [-0.2, 0) is 6.42 Å². The predicted molar refractivity (Wildman–Crippen MR) is 142 cm³/mol. The molecule has 2 aliphatic heterocycles. The van der Waals surface area contributed by atoms with Crippen molar-refractivity contribution in [1.29, 1.82) is 5.26 Å². The van der Waals surface area contributed by atoms with Crippen LogP contribution in [-0.4, -0.2) is 47.6 Å². The van der Waals surface area contributed by atoms with E-state index in [1.165, 1.54) is 23.5 Å². The van der Waals surface area contributed by atoms with Crippen molar-refractivity contribution in [2.45, 2.75) is 26.2 Å². The molecule has 1 spiro atoms. The highest BCUT2D eigenvalue weighted by Crippen LogP contribution is 2.42. The number of imidazole rings is 1. The summed E-state index contributed by atoms with van der Waals surface area (Å²) in [6, 6.07) is 9.74. The van der Waals surface area contributed by atoms with Crippen LogP contribution in [0.25, 0.3) is 16.9 Å². The van der Waals surface area contributed by atoms with Gasteiger partial charge in [0, 0.05) is 43.4 Å². The summed E-state index contributed by atoms with van der Waals surface area (Å²) < 4.78 is 30.6. The van der Waals surface area contributed by atoms with Crippen molar-refractivity contribution in [2.75, 3.05) is 43.0 Å². The number of hydrogen-bond donors (Lipinski definition) is 1. The number of hydrogen-bond acceptors (Lipinski definition) is 7. The van der Waals surface area contributed by atoms with Crippen LogP contribution in [0.15, 0.2) is 36.5 Å². The molecule has 10 heteroatoms. The van der Waals surface area contributed by atoms with E-state index in [4.69, 9.17) is 4.98 Å². The molecular formula is C27H27F2N7S. The lowest BCUT2D eigenvalue weighted by Gasteiger charge is -2.53. The minimum Gasteiger partial charge on any atom is -0.369 e. The van der Waals surface area contributed by atoms with Crippen molar-refractivity contribution in [2.24, 2.45) is 5.41 Å². The molecule has 1 aromatic carbocycles. The Bertz CT molecular complexity index is 1500. The van der Waals surface area contributed by atoms with Gasteiger partial charge < -0.3 is 15.1 Å². The smallest absolute Gasteiger partial charge is 0.192 e. The van der Waals surface area contributed by atoms with Gasteiger partial charge in [-0.15, -0.1) is 0 Å². The largest absolute Gasteiger partial charge is 0.369 e. The molecule has 6 rings (SSSR count). The average molecular weight is 520 g/mol. The SMILES string of the molecule is CCc1nc2c(F)cc(N3CC4(CCNCC4)C3)cn2c1N(C)c1nc(-c2ccc(F)cc2)c(C#N)s1. The van der Waals surface area contributed by atoms with E-state index < -0.39 is 0 Å². The second-order valence-electron chi connectivity index (χ2n) is 9.93. The quantitative estimate of drug-likeness (QED) is 0.394. The second kappa shape index (κ2) is 9.08. The first-order valence-electron chi connectivity index (χ1n) is 12.5. The summed E-state index contributed by atoms with van der Waals surface area (Å²) in [6.45, 7) is 5.92. The maximum atomic E-state index is 15.3. The number of nitriles is 1. The number of aryl methyl sites for hydroxylation is 1. The number of piperidine rings is 1. The number of fused-ring (bicyclic) bond motifs is 1. The van der Waals surface area contributed by atoms with Gasteiger partial charge in [0.15, 0.2) is 16.6 Å². The third-order valence-corrected chi connectivity index (χ3v) is 8.60. The van der Waals surface area contributed by atoms with Crippen LogP contribution in [0.4, 0.5) is 25.4 Å². The van der Waals surface area contributed by atoms with Gasteiger partial charge in [-0.25, -0.2) is 18.7 Å². The summed E-state index contributed by atoms with van der Waals surface area (Å²) >= 11 is 1.25. The van der Waals surface area contributed by atoms with Gasteiger partial charge in [0.05, 0.1) is 11.4 Å². The number of benzene rings is 1. The minimum atomic E-state index is -0.359. The summed E-state index contributed by atoms with van der Waals surface area (Å²) in [5.74, 6) is 0.0143. The molecule has 1 N–H and O–H groups in total. The fourth-order valence-corrected chi connectivity index (χ4v) is 6.38. The van der Waals surface area contributed by atoms with Crippen molar-refractivity contribution >= 4 is 33.6 Å². The van der Waals surface area contributed by atoms with Gasteiger partial charge in [0.1, 0.15) is 28.3 Å². The highest BCUT2D eigenvalue weighted by Gasteiger charge is 2.43. The molecule has 2 fully saturated rings. The molecule has 2 aliphatic rings. The van der Waals surface area contributed by atoms with Crippen molar-refractivity contribution in [3.63, 3.8) is 0 Å². The average Bonchev–Trinajstić information content (AvgIpc) is 3.50. The molecule has 2 saturated heterocycles. The Morgan fingerprint density at radius 2 is 1.89 bits per heavy atom. The van der Waals surface area contributed by atoms with E-state index in [-0.39, 0.29) is 17.3 Å². The summed E-state index contributed by atoms with van der Waals surface area (Å²) in [6.07, 6.45) is 4.87. The molecule has 7 nitrogen and oxygen atoms in total. The first-order valence-corrected chi connectivity index (χ1v) is 13.3. The molecule has 0 saturated carbocycles. The summed E-state index contributed by atoms with van der Waals surface area (Å²) in [4.78, 5) is 13.9. The monoisotopic (exact) mass is 519 g/mol. The van der Waals surface area contributed by atoms with E-state index in [2.05, 4.69) is 21.3 Å². The highest BCUT2D eigenvalue weighted by molar-refractivity contribution is 7.16. The Morgan fingerprint density at radius 1 is 1.16 bits per heavy atom. The van der Waals surface area contributed by atoms with Gasteiger partial charge in [-0.3, -0.25) is 4.40 Å². The molecule has 0 atom stereocenters. The van der Waals surface area contributed by atoms with Crippen molar-refractivity contribution in [1.82, 2.24) is 19.7 Å². The zero-order valence-corrected chi connectivity index (χ0v) is 21.6. The number of rotatable bonds is 5. The van der Waals surface area contributed by atoms with Crippen molar-refractivity contribution < 1.29 is 8.78 Å². The third-order valence-electron chi connectivity index (χ3n) is 7.56. The van der Waals surface area contributed by atoms with Crippen LogP contribution in [0.5, 0.6) is 0 Å². The van der Waals surface area contributed by atoms with Crippen molar-refractivity contribution in [3.05, 3.63) is 58.7 Å². The Kier molecular flexibility index (Phi) is 5.85. The molecule has 3 aromatic heterocycles. The lowest BCUT2D eigenvalue weighted by Crippen LogP contribution is -2.60. The topological polar surface area (TPSA) is 72.5 Å². The van der Waals surface area contributed by atoms with E-state index in [0.29, 0.717) is 33.1 Å². The Morgan fingerprint density at radius 3 is 2.57 bits per heavy atom. The summed E-state index contributed by atoms with van der Waals surface area (Å²) in [7, 11) is 1.86. The molecule has 4 aromatic rings. The van der Waals surface area contributed by atoms with Crippen LogP contribution in [0.2, 0.25) is 0 Å². The minimum absolute atomic E-state index is 0.273. The van der Waals surface area contributed by atoms with Crippen molar-refractivity contribution in [3.8, 4) is 17.3 Å². The first kappa shape index (κ1) is 23.8. The standard InChI is InChI=1S/C27H27F2N7S/c1-3-21-25(34(2)26-33-23(22(13-30)37-26)17-4-6-18(28)7-5-17)36-14-19(12-20(29)24(36)32-21)35-15-27(16-35)8-10-31-11-9-27/h4-7,12,14,31H,3,8-11,15-16H2,1-2H3. The molecule has 0 radical (unpaired) electrons. The van der Waals surface area contributed by atoms with Gasteiger partial charge in [-0.2, -0.15) is 5.26 Å². The highest BCUT2D eigenvalue weighted by atomic mass is 32.1. The number of pyridine rings is 1. The van der Waals surface area contributed by atoms with E-state index >= 15 is 4.39 Å². The molecule has 0 bridgehead atoms. The molecule has 0 unspecified atom stereocenters. The van der Waals surface area contributed by atoms with Crippen LogP contribution < -0.4 is 15.1 Å². The molecular weight excluding hydrogens is 492 g/mol. The molecule has 37 heavy (non-hydrogen) atoms. The van der Waals surface area contributed by atoms with E-state index in [1.807, 2.05) is 29.5 Å². The number of aromatic nitrogens is 3. The number of nitrogens with one attached hydrogen (secondary N) is 1. The molecule has 0 aliphatic carbocycles. The first-order chi connectivity index (χ1) is 17.9. The number of halogens is 2.